The van der Waals surface area contributed by atoms with E-state index in [2.05, 4.69) is 17.2 Å². The van der Waals surface area contributed by atoms with Gasteiger partial charge in [-0.1, -0.05) is 19.8 Å². The second-order valence-corrected chi connectivity index (χ2v) is 6.52. The maximum Gasteiger partial charge on any atom is 0.271 e. The minimum atomic E-state index is -0.147. The number of imidazole rings is 1. The van der Waals surface area contributed by atoms with Crippen molar-refractivity contribution in [3.8, 4) is 0 Å². The average Bonchev–Trinajstić information content (AvgIpc) is 2.96. The van der Waals surface area contributed by atoms with E-state index >= 15 is 0 Å². The Kier molecular flexibility index (Phi) is 4.96. The van der Waals surface area contributed by atoms with Gasteiger partial charge in [-0.3, -0.25) is 4.79 Å². The van der Waals surface area contributed by atoms with Crippen molar-refractivity contribution in [1.82, 2.24) is 14.7 Å². The van der Waals surface area contributed by atoms with Crippen molar-refractivity contribution in [3.05, 3.63) is 35.8 Å². The fourth-order valence-corrected chi connectivity index (χ4v) is 3.19. The van der Waals surface area contributed by atoms with E-state index in [-0.39, 0.29) is 5.91 Å². The lowest BCUT2D eigenvalue weighted by Gasteiger charge is -2.28. The third kappa shape index (κ3) is 3.91. The van der Waals surface area contributed by atoms with E-state index in [0.29, 0.717) is 30.9 Å². The number of carbonyl (C=O) groups is 1. The van der Waals surface area contributed by atoms with Crippen molar-refractivity contribution >= 4 is 11.6 Å². The van der Waals surface area contributed by atoms with E-state index in [1.54, 1.807) is 6.20 Å². The molecule has 0 unspecified atom stereocenters. The fourth-order valence-electron chi connectivity index (χ4n) is 3.19. The largest absolute Gasteiger partial charge is 0.376 e. The highest BCUT2D eigenvalue weighted by Gasteiger charge is 2.21. The van der Waals surface area contributed by atoms with Gasteiger partial charge in [-0.15, -0.1) is 0 Å². The summed E-state index contributed by atoms with van der Waals surface area (Å²) in [5, 5.41) is 2.89. The van der Waals surface area contributed by atoms with Gasteiger partial charge in [0, 0.05) is 18.9 Å². The van der Waals surface area contributed by atoms with Crippen LogP contribution in [0.3, 0.4) is 0 Å². The molecule has 0 radical (unpaired) electrons. The van der Waals surface area contributed by atoms with Crippen LogP contribution in [-0.4, -0.2) is 34.5 Å². The first-order valence-corrected chi connectivity index (χ1v) is 8.48. The Morgan fingerprint density at radius 1 is 1.43 bits per heavy atom. The Bertz CT molecular complexity index is 680. The zero-order valence-corrected chi connectivity index (χ0v) is 13.9. The summed E-state index contributed by atoms with van der Waals surface area (Å²) in [7, 11) is 0. The molecule has 1 N–H and O–H groups in total. The maximum absolute atomic E-state index is 12.2. The van der Waals surface area contributed by atoms with E-state index in [1.165, 1.54) is 19.3 Å². The second kappa shape index (κ2) is 7.13. The van der Waals surface area contributed by atoms with Crippen molar-refractivity contribution in [2.24, 2.45) is 5.92 Å². The van der Waals surface area contributed by atoms with E-state index in [0.717, 1.165) is 17.6 Å². The number of pyridine rings is 1. The van der Waals surface area contributed by atoms with Gasteiger partial charge in [0.05, 0.1) is 12.7 Å². The standard InChI is InChI=1S/C18H25N3O2/c1-13-7-9-21-12-15(20-17(21)11-13)18(22)19-8-10-23-16-6-4-3-5-14(16)2/h7,9,11-12,14,16H,3-6,8,10H2,1-2H3,(H,19,22)/t14-,16-/m1/s1. The SMILES string of the molecule is Cc1ccn2cc(C(=O)NCCO[C@@H]3CCCC[C@H]3C)nc2c1. The van der Waals surface area contributed by atoms with Crippen LogP contribution in [0, 0.1) is 12.8 Å². The summed E-state index contributed by atoms with van der Waals surface area (Å²) in [6.45, 7) is 5.35. The van der Waals surface area contributed by atoms with Crippen LogP contribution in [0.2, 0.25) is 0 Å². The Morgan fingerprint density at radius 2 is 2.26 bits per heavy atom. The van der Waals surface area contributed by atoms with Gasteiger partial charge in [0.1, 0.15) is 11.3 Å². The molecule has 0 aliphatic heterocycles. The molecule has 1 fully saturated rings. The van der Waals surface area contributed by atoms with Gasteiger partial charge in [-0.2, -0.15) is 0 Å². The Hall–Kier alpha value is -1.88. The molecular formula is C18H25N3O2. The molecule has 2 aromatic heterocycles. The average molecular weight is 315 g/mol. The molecule has 1 aliphatic carbocycles. The number of ether oxygens (including phenoxy) is 1. The lowest BCUT2D eigenvalue weighted by Crippen LogP contribution is -2.31. The Morgan fingerprint density at radius 3 is 3.09 bits per heavy atom. The highest BCUT2D eigenvalue weighted by atomic mass is 16.5. The molecule has 2 atom stereocenters. The number of nitrogens with zero attached hydrogens (tertiary/aromatic N) is 2. The molecular weight excluding hydrogens is 290 g/mol. The Labute approximate surface area is 137 Å². The van der Waals surface area contributed by atoms with Crippen LogP contribution in [0.4, 0.5) is 0 Å². The van der Waals surface area contributed by atoms with Gasteiger partial charge in [0.2, 0.25) is 0 Å². The van der Waals surface area contributed by atoms with Crippen LogP contribution in [0.25, 0.3) is 5.65 Å². The number of aromatic nitrogens is 2. The normalized spacial score (nSPS) is 21.5. The van der Waals surface area contributed by atoms with Crippen LogP contribution < -0.4 is 5.32 Å². The predicted molar refractivity (Wildman–Crippen MR) is 89.6 cm³/mol. The predicted octanol–water partition coefficient (Wildman–Crippen LogP) is 2.97. The highest BCUT2D eigenvalue weighted by molar-refractivity contribution is 5.92. The van der Waals surface area contributed by atoms with Gasteiger partial charge >= 0.3 is 0 Å². The smallest absolute Gasteiger partial charge is 0.271 e. The number of fused-ring (bicyclic) bond motifs is 1. The summed E-state index contributed by atoms with van der Waals surface area (Å²) >= 11 is 0. The van der Waals surface area contributed by atoms with Crippen LogP contribution in [0.5, 0.6) is 0 Å². The van der Waals surface area contributed by atoms with Crippen molar-refractivity contribution < 1.29 is 9.53 Å². The first kappa shape index (κ1) is 16.0. The number of hydrogen-bond acceptors (Lipinski definition) is 3. The number of hydrogen-bond donors (Lipinski definition) is 1. The molecule has 5 nitrogen and oxygen atoms in total. The molecule has 0 saturated heterocycles. The van der Waals surface area contributed by atoms with Crippen molar-refractivity contribution in [3.63, 3.8) is 0 Å². The molecule has 0 spiro atoms. The van der Waals surface area contributed by atoms with Crippen LogP contribution in [0.1, 0.15) is 48.7 Å². The molecule has 2 aromatic rings. The summed E-state index contributed by atoms with van der Waals surface area (Å²) in [6, 6.07) is 3.96. The molecule has 0 aromatic carbocycles. The van der Waals surface area contributed by atoms with Crippen LogP contribution in [0.15, 0.2) is 24.5 Å². The zero-order chi connectivity index (χ0) is 16.2. The van der Waals surface area contributed by atoms with Crippen molar-refractivity contribution in [2.45, 2.75) is 45.6 Å². The second-order valence-electron chi connectivity index (χ2n) is 6.52. The third-order valence-corrected chi connectivity index (χ3v) is 4.60. The fraction of sp³-hybridized carbons (Fsp3) is 0.556. The number of nitrogens with one attached hydrogen (secondary N) is 1. The van der Waals surface area contributed by atoms with E-state index < -0.39 is 0 Å². The van der Waals surface area contributed by atoms with Crippen molar-refractivity contribution in [1.29, 1.82) is 0 Å². The maximum atomic E-state index is 12.2. The van der Waals surface area contributed by atoms with Gasteiger partial charge in [-0.05, 0) is 43.4 Å². The van der Waals surface area contributed by atoms with Crippen molar-refractivity contribution in [2.75, 3.05) is 13.2 Å². The molecule has 1 saturated carbocycles. The zero-order valence-electron chi connectivity index (χ0n) is 13.9. The van der Waals surface area contributed by atoms with E-state index in [1.807, 2.05) is 29.7 Å². The molecule has 0 bridgehead atoms. The molecule has 1 aliphatic rings. The number of aryl methyl sites for hydroxylation is 1. The molecule has 23 heavy (non-hydrogen) atoms. The minimum absolute atomic E-state index is 0.147. The summed E-state index contributed by atoms with van der Waals surface area (Å²) in [5.74, 6) is 0.479. The van der Waals surface area contributed by atoms with E-state index in [9.17, 15) is 4.79 Å². The highest BCUT2D eigenvalue weighted by Crippen LogP contribution is 2.25. The molecule has 124 valence electrons. The first-order chi connectivity index (χ1) is 11.1. The van der Waals surface area contributed by atoms with Gasteiger partial charge in [0.15, 0.2) is 0 Å². The summed E-state index contributed by atoms with van der Waals surface area (Å²) in [6.07, 6.45) is 8.97. The topological polar surface area (TPSA) is 55.6 Å². The third-order valence-electron chi connectivity index (χ3n) is 4.60. The van der Waals surface area contributed by atoms with Gasteiger partial charge in [0.25, 0.3) is 5.91 Å². The minimum Gasteiger partial charge on any atom is -0.376 e. The quantitative estimate of drug-likeness (QED) is 0.863. The van der Waals surface area contributed by atoms with Gasteiger partial charge < -0.3 is 14.5 Å². The molecule has 2 heterocycles. The summed E-state index contributed by atoms with van der Waals surface area (Å²) in [4.78, 5) is 16.5. The van der Waals surface area contributed by atoms with Crippen LogP contribution >= 0.6 is 0 Å². The first-order valence-electron chi connectivity index (χ1n) is 8.48. The van der Waals surface area contributed by atoms with Gasteiger partial charge in [-0.25, -0.2) is 4.98 Å². The number of carbonyl (C=O) groups excluding carboxylic acids is 1. The molecule has 1 amide bonds. The monoisotopic (exact) mass is 315 g/mol. The summed E-state index contributed by atoms with van der Waals surface area (Å²) < 4.78 is 7.78. The lowest BCUT2D eigenvalue weighted by molar-refractivity contribution is -0.00295. The molecule has 5 heteroatoms. The number of amides is 1. The molecule has 3 rings (SSSR count). The lowest BCUT2D eigenvalue weighted by atomic mass is 9.88. The van der Waals surface area contributed by atoms with E-state index in [4.69, 9.17) is 4.74 Å². The number of rotatable bonds is 5. The Balaban J connectivity index is 1.48. The summed E-state index contributed by atoms with van der Waals surface area (Å²) in [5.41, 5.74) is 2.37. The van der Waals surface area contributed by atoms with Crippen LogP contribution in [-0.2, 0) is 4.74 Å².